The predicted octanol–water partition coefficient (Wildman–Crippen LogP) is 2.59. The molecule has 1 N–H and O–H groups in total. The number of para-hydroxylation sites is 1. The molecule has 0 aromatic heterocycles. The fourth-order valence-corrected chi connectivity index (χ4v) is 2.50. The highest BCUT2D eigenvalue weighted by Gasteiger charge is 2.19. The lowest BCUT2D eigenvalue weighted by molar-refractivity contribution is -0.120. The Morgan fingerprint density at radius 2 is 1.84 bits per heavy atom. The van der Waals surface area contributed by atoms with E-state index in [0.717, 1.165) is 4.90 Å². The van der Waals surface area contributed by atoms with E-state index < -0.39 is 17.6 Å². The zero-order chi connectivity index (χ0) is 17.8. The predicted molar refractivity (Wildman–Crippen MR) is 90.5 cm³/mol. The zero-order valence-corrected chi connectivity index (χ0v) is 13.6. The van der Waals surface area contributed by atoms with Crippen LogP contribution in [0.25, 0.3) is 0 Å². The average molecular weight is 344 g/mol. The molecular formula is C18H17FN2O4. The number of carbonyl (C=O) groups is 2. The van der Waals surface area contributed by atoms with Gasteiger partial charge in [-0.3, -0.25) is 9.59 Å². The Labute approximate surface area is 144 Å². The normalized spacial score (nSPS) is 12.4. The first-order valence-corrected chi connectivity index (χ1v) is 7.77. The van der Waals surface area contributed by atoms with E-state index >= 15 is 0 Å². The minimum atomic E-state index is -0.565. The molecule has 0 aliphatic carbocycles. The lowest BCUT2D eigenvalue weighted by atomic mass is 10.2. The van der Waals surface area contributed by atoms with Crippen LogP contribution in [0.4, 0.5) is 15.8 Å². The first-order valence-electron chi connectivity index (χ1n) is 7.77. The van der Waals surface area contributed by atoms with Crippen LogP contribution in [-0.2, 0) is 9.59 Å². The van der Waals surface area contributed by atoms with E-state index in [1.807, 2.05) is 0 Å². The maximum absolute atomic E-state index is 13.9. The number of benzene rings is 2. The number of nitrogens with zero attached hydrogens (tertiary/aromatic N) is 1. The van der Waals surface area contributed by atoms with E-state index in [1.54, 1.807) is 24.3 Å². The van der Waals surface area contributed by atoms with Crippen LogP contribution >= 0.6 is 0 Å². The van der Waals surface area contributed by atoms with Gasteiger partial charge in [-0.25, -0.2) is 4.39 Å². The molecule has 7 heteroatoms. The largest absolute Gasteiger partial charge is 0.486 e. The maximum Gasteiger partial charge on any atom is 0.244 e. The van der Waals surface area contributed by atoms with E-state index in [0.29, 0.717) is 30.4 Å². The van der Waals surface area contributed by atoms with E-state index in [-0.39, 0.29) is 12.2 Å². The Kier molecular flexibility index (Phi) is 4.83. The van der Waals surface area contributed by atoms with Gasteiger partial charge in [-0.2, -0.15) is 0 Å². The number of halogens is 1. The molecule has 25 heavy (non-hydrogen) atoms. The van der Waals surface area contributed by atoms with Gasteiger partial charge in [-0.05, 0) is 24.3 Å². The Morgan fingerprint density at radius 3 is 2.56 bits per heavy atom. The van der Waals surface area contributed by atoms with Gasteiger partial charge in [0.1, 0.15) is 25.6 Å². The number of nitrogens with one attached hydrogen (secondary N) is 1. The van der Waals surface area contributed by atoms with Crippen LogP contribution in [0.15, 0.2) is 42.5 Å². The number of hydrogen-bond donors (Lipinski definition) is 1. The van der Waals surface area contributed by atoms with Crippen molar-refractivity contribution in [2.24, 2.45) is 0 Å². The number of fused-ring (bicyclic) bond motifs is 1. The lowest BCUT2D eigenvalue weighted by Crippen LogP contribution is -2.37. The van der Waals surface area contributed by atoms with E-state index in [4.69, 9.17) is 9.47 Å². The van der Waals surface area contributed by atoms with Crippen LogP contribution in [0.1, 0.15) is 6.92 Å². The van der Waals surface area contributed by atoms with Crippen molar-refractivity contribution in [3.63, 3.8) is 0 Å². The van der Waals surface area contributed by atoms with Crippen LogP contribution in [0.2, 0.25) is 0 Å². The second-order valence-electron chi connectivity index (χ2n) is 5.46. The fourth-order valence-electron chi connectivity index (χ4n) is 2.50. The molecule has 0 bridgehead atoms. The first-order chi connectivity index (χ1) is 12.0. The van der Waals surface area contributed by atoms with Gasteiger partial charge in [-0.15, -0.1) is 0 Å². The van der Waals surface area contributed by atoms with Crippen molar-refractivity contribution < 1.29 is 23.5 Å². The number of amides is 2. The van der Waals surface area contributed by atoms with Crippen molar-refractivity contribution in [1.29, 1.82) is 0 Å². The van der Waals surface area contributed by atoms with Crippen LogP contribution in [-0.4, -0.2) is 31.6 Å². The summed E-state index contributed by atoms with van der Waals surface area (Å²) in [5.41, 5.74) is 0.568. The van der Waals surface area contributed by atoms with Crippen LogP contribution in [0.3, 0.4) is 0 Å². The van der Waals surface area contributed by atoms with Gasteiger partial charge < -0.3 is 19.7 Å². The summed E-state index contributed by atoms with van der Waals surface area (Å²) in [7, 11) is 0. The van der Waals surface area contributed by atoms with Crippen LogP contribution in [0.5, 0.6) is 11.5 Å². The summed E-state index contributed by atoms with van der Waals surface area (Å²) in [6, 6.07) is 10.8. The maximum atomic E-state index is 13.9. The summed E-state index contributed by atoms with van der Waals surface area (Å²) in [5, 5.41) is 2.68. The fraction of sp³-hybridized carbons (Fsp3) is 0.222. The van der Waals surface area contributed by atoms with E-state index in [9.17, 15) is 14.0 Å². The molecule has 0 spiro atoms. The highest BCUT2D eigenvalue weighted by molar-refractivity contribution is 6.01. The Morgan fingerprint density at radius 1 is 1.12 bits per heavy atom. The Bertz CT molecular complexity index is 809. The van der Waals surface area contributed by atoms with Crippen molar-refractivity contribution in [2.45, 2.75) is 6.92 Å². The molecule has 0 saturated carbocycles. The first kappa shape index (κ1) is 16.8. The number of anilines is 2. The molecule has 2 aromatic rings. The number of ether oxygens (including phenoxy) is 2. The van der Waals surface area contributed by atoms with Gasteiger partial charge in [-0.1, -0.05) is 12.1 Å². The van der Waals surface area contributed by atoms with Gasteiger partial charge in [0.15, 0.2) is 11.5 Å². The molecule has 1 aliphatic rings. The molecule has 3 rings (SSSR count). The molecule has 0 fully saturated rings. The van der Waals surface area contributed by atoms with Gasteiger partial charge in [0.05, 0.1) is 5.69 Å². The number of carbonyl (C=O) groups excluding carboxylic acids is 2. The van der Waals surface area contributed by atoms with Gasteiger partial charge >= 0.3 is 0 Å². The molecule has 1 aliphatic heterocycles. The van der Waals surface area contributed by atoms with Crippen molar-refractivity contribution in [3.05, 3.63) is 48.3 Å². The molecule has 0 saturated heterocycles. The summed E-state index contributed by atoms with van der Waals surface area (Å²) in [5.74, 6) is -0.287. The summed E-state index contributed by atoms with van der Waals surface area (Å²) < 4.78 is 24.8. The molecule has 1 heterocycles. The third-order valence-electron chi connectivity index (χ3n) is 3.65. The monoisotopic (exact) mass is 344 g/mol. The van der Waals surface area contributed by atoms with Gasteiger partial charge in [0.2, 0.25) is 11.8 Å². The summed E-state index contributed by atoms with van der Waals surface area (Å²) in [6.07, 6.45) is 0. The van der Waals surface area contributed by atoms with Crippen molar-refractivity contribution in [1.82, 2.24) is 0 Å². The quantitative estimate of drug-likeness (QED) is 0.926. The van der Waals surface area contributed by atoms with Gasteiger partial charge in [0.25, 0.3) is 0 Å². The van der Waals surface area contributed by atoms with Crippen molar-refractivity contribution in [2.75, 3.05) is 30.0 Å². The SMILES string of the molecule is CC(=O)N(CC(=O)Nc1ccc2c(c1)OCCO2)c1ccccc1F. The van der Waals surface area contributed by atoms with Crippen molar-refractivity contribution >= 4 is 23.2 Å². The van der Waals surface area contributed by atoms with Crippen molar-refractivity contribution in [3.8, 4) is 11.5 Å². The Hall–Kier alpha value is -3.09. The average Bonchev–Trinajstić information content (AvgIpc) is 2.60. The topological polar surface area (TPSA) is 67.9 Å². The second kappa shape index (κ2) is 7.21. The minimum Gasteiger partial charge on any atom is -0.486 e. The Balaban J connectivity index is 1.72. The molecule has 0 atom stereocenters. The smallest absolute Gasteiger partial charge is 0.244 e. The summed E-state index contributed by atoms with van der Waals surface area (Å²) in [6.45, 7) is 1.90. The van der Waals surface area contributed by atoms with E-state index in [2.05, 4.69) is 5.32 Å². The molecule has 6 nitrogen and oxygen atoms in total. The highest BCUT2D eigenvalue weighted by atomic mass is 19.1. The lowest BCUT2D eigenvalue weighted by Gasteiger charge is -2.22. The molecule has 2 amide bonds. The van der Waals surface area contributed by atoms with Crippen LogP contribution < -0.4 is 19.7 Å². The highest BCUT2D eigenvalue weighted by Crippen LogP contribution is 2.32. The summed E-state index contributed by atoms with van der Waals surface area (Å²) in [4.78, 5) is 25.2. The standard InChI is InChI=1S/C18H17FN2O4/c1-12(22)21(15-5-3-2-4-14(15)19)11-18(23)20-13-6-7-16-17(10-13)25-9-8-24-16/h2-7,10H,8-9,11H2,1H3,(H,20,23). The third-order valence-corrected chi connectivity index (χ3v) is 3.65. The zero-order valence-electron chi connectivity index (χ0n) is 13.6. The van der Waals surface area contributed by atoms with Gasteiger partial charge in [0, 0.05) is 18.7 Å². The van der Waals surface area contributed by atoms with Crippen LogP contribution in [0, 0.1) is 5.82 Å². The molecule has 0 unspecified atom stereocenters. The number of hydrogen-bond acceptors (Lipinski definition) is 4. The summed E-state index contributed by atoms with van der Waals surface area (Å²) >= 11 is 0. The molecule has 0 radical (unpaired) electrons. The molecule has 130 valence electrons. The number of rotatable bonds is 4. The molecular weight excluding hydrogens is 327 g/mol. The minimum absolute atomic E-state index is 0.0623. The third kappa shape index (κ3) is 3.88. The van der Waals surface area contributed by atoms with E-state index in [1.165, 1.54) is 25.1 Å². The second-order valence-corrected chi connectivity index (χ2v) is 5.46. The molecule has 2 aromatic carbocycles.